The summed E-state index contributed by atoms with van der Waals surface area (Å²) in [6.07, 6.45) is 0. The van der Waals surface area contributed by atoms with Crippen LogP contribution in [0.4, 0.5) is 0 Å². The number of carbonyl (C=O) groups excluding carboxylic acids is 1. The predicted molar refractivity (Wildman–Crippen MR) is 80.4 cm³/mol. The molecule has 1 aromatic carbocycles. The highest BCUT2D eigenvalue weighted by Crippen LogP contribution is 2.24. The molecule has 0 unspecified atom stereocenters. The summed E-state index contributed by atoms with van der Waals surface area (Å²) >= 11 is 1.29. The number of nitrogens with zero attached hydrogens (tertiary/aromatic N) is 3. The molecule has 0 spiro atoms. The Kier molecular flexibility index (Phi) is 4.44. The average molecular weight is 290 g/mol. The summed E-state index contributed by atoms with van der Waals surface area (Å²) in [6, 6.07) is 8.29. The Labute approximate surface area is 122 Å². The molecular weight excluding hydrogens is 272 g/mol. The van der Waals surface area contributed by atoms with Gasteiger partial charge in [0.2, 0.25) is 5.91 Å². The van der Waals surface area contributed by atoms with E-state index in [1.165, 1.54) is 17.3 Å². The standard InChI is InChI=1S/C14H18N4OS/c1-9(2)10-4-6-11(7-5-10)13-16-17-14(18(13)3)20-8-12(15)19/h4-7,9H,8H2,1-3H3,(H2,15,19). The number of amides is 1. The average Bonchev–Trinajstić information content (AvgIpc) is 2.78. The first-order valence-corrected chi connectivity index (χ1v) is 7.38. The fourth-order valence-electron chi connectivity index (χ4n) is 1.84. The number of carbonyl (C=O) groups is 1. The first-order valence-electron chi connectivity index (χ1n) is 6.40. The highest BCUT2D eigenvalue weighted by Gasteiger charge is 2.12. The maximum absolute atomic E-state index is 10.8. The molecule has 2 N–H and O–H groups in total. The van der Waals surface area contributed by atoms with Crippen molar-refractivity contribution in [2.45, 2.75) is 24.9 Å². The second-order valence-electron chi connectivity index (χ2n) is 4.90. The van der Waals surface area contributed by atoms with Crippen LogP contribution >= 0.6 is 11.8 Å². The topological polar surface area (TPSA) is 73.8 Å². The van der Waals surface area contributed by atoms with E-state index in [1.807, 2.05) is 23.7 Å². The van der Waals surface area contributed by atoms with Crippen LogP contribution in [0.5, 0.6) is 0 Å². The molecule has 0 aliphatic carbocycles. The van der Waals surface area contributed by atoms with Crippen molar-refractivity contribution in [3.8, 4) is 11.4 Å². The lowest BCUT2D eigenvalue weighted by atomic mass is 10.0. The van der Waals surface area contributed by atoms with Crippen LogP contribution in [-0.2, 0) is 11.8 Å². The van der Waals surface area contributed by atoms with Crippen molar-refractivity contribution in [2.24, 2.45) is 12.8 Å². The molecular formula is C14H18N4OS. The molecule has 1 heterocycles. The lowest BCUT2D eigenvalue weighted by Crippen LogP contribution is -2.13. The summed E-state index contributed by atoms with van der Waals surface area (Å²) in [6.45, 7) is 4.33. The number of aromatic nitrogens is 3. The van der Waals surface area contributed by atoms with Crippen LogP contribution in [0.25, 0.3) is 11.4 Å². The third-order valence-electron chi connectivity index (χ3n) is 3.01. The Morgan fingerprint density at radius 1 is 1.30 bits per heavy atom. The van der Waals surface area contributed by atoms with Crippen molar-refractivity contribution in [1.82, 2.24) is 14.8 Å². The van der Waals surface area contributed by atoms with Crippen molar-refractivity contribution < 1.29 is 4.79 Å². The normalized spacial score (nSPS) is 11.0. The number of hydrogen-bond donors (Lipinski definition) is 1. The molecule has 2 rings (SSSR count). The van der Waals surface area contributed by atoms with Gasteiger partial charge >= 0.3 is 0 Å². The van der Waals surface area contributed by atoms with Crippen molar-refractivity contribution in [2.75, 3.05) is 5.75 Å². The van der Waals surface area contributed by atoms with E-state index in [1.54, 1.807) is 0 Å². The first kappa shape index (κ1) is 14.6. The Morgan fingerprint density at radius 3 is 2.50 bits per heavy atom. The van der Waals surface area contributed by atoms with Gasteiger partial charge in [0, 0.05) is 12.6 Å². The molecule has 0 saturated carbocycles. The smallest absolute Gasteiger partial charge is 0.227 e. The molecule has 20 heavy (non-hydrogen) atoms. The van der Waals surface area contributed by atoms with E-state index in [0.717, 1.165) is 11.4 Å². The molecule has 0 aliphatic rings. The molecule has 1 amide bonds. The Balaban J connectivity index is 2.22. The van der Waals surface area contributed by atoms with Gasteiger partial charge in [0.25, 0.3) is 0 Å². The molecule has 0 fully saturated rings. The van der Waals surface area contributed by atoms with Gasteiger partial charge in [-0.2, -0.15) is 0 Å². The lowest BCUT2D eigenvalue weighted by molar-refractivity contribution is -0.115. The zero-order valence-electron chi connectivity index (χ0n) is 11.8. The minimum atomic E-state index is -0.360. The molecule has 0 radical (unpaired) electrons. The van der Waals surface area contributed by atoms with Gasteiger partial charge in [0.1, 0.15) is 0 Å². The van der Waals surface area contributed by atoms with E-state index in [0.29, 0.717) is 11.1 Å². The first-order chi connectivity index (χ1) is 9.49. The van der Waals surface area contributed by atoms with Gasteiger partial charge in [-0.1, -0.05) is 49.9 Å². The van der Waals surface area contributed by atoms with Crippen molar-refractivity contribution in [3.05, 3.63) is 29.8 Å². The molecule has 0 bridgehead atoms. The van der Waals surface area contributed by atoms with Crippen LogP contribution in [0.3, 0.4) is 0 Å². The summed E-state index contributed by atoms with van der Waals surface area (Å²) in [5, 5.41) is 8.95. The summed E-state index contributed by atoms with van der Waals surface area (Å²) in [5.41, 5.74) is 7.44. The number of hydrogen-bond acceptors (Lipinski definition) is 4. The van der Waals surface area contributed by atoms with Gasteiger partial charge in [-0.15, -0.1) is 10.2 Å². The Hall–Kier alpha value is -1.82. The SMILES string of the molecule is CC(C)c1ccc(-c2nnc(SCC(N)=O)n2C)cc1. The van der Waals surface area contributed by atoms with Gasteiger partial charge in [0.15, 0.2) is 11.0 Å². The number of benzene rings is 1. The van der Waals surface area contributed by atoms with E-state index in [9.17, 15) is 4.79 Å². The molecule has 1 aromatic heterocycles. The van der Waals surface area contributed by atoms with Crippen LogP contribution in [0, 0.1) is 0 Å². The van der Waals surface area contributed by atoms with Crippen LogP contribution in [0.1, 0.15) is 25.3 Å². The fourth-order valence-corrected chi connectivity index (χ4v) is 2.49. The maximum atomic E-state index is 10.8. The van der Waals surface area contributed by atoms with Gasteiger partial charge in [-0.05, 0) is 11.5 Å². The second-order valence-corrected chi connectivity index (χ2v) is 5.84. The summed E-state index contributed by atoms with van der Waals surface area (Å²) < 4.78 is 1.87. The van der Waals surface area contributed by atoms with Crippen LogP contribution < -0.4 is 5.73 Å². The fraction of sp³-hybridized carbons (Fsp3) is 0.357. The largest absolute Gasteiger partial charge is 0.369 e. The molecule has 0 saturated heterocycles. The van der Waals surface area contributed by atoms with Crippen molar-refractivity contribution in [3.63, 3.8) is 0 Å². The van der Waals surface area contributed by atoms with Gasteiger partial charge in [-0.3, -0.25) is 4.79 Å². The van der Waals surface area contributed by atoms with Crippen LogP contribution in [0.15, 0.2) is 29.4 Å². The third kappa shape index (κ3) is 3.19. The summed E-state index contributed by atoms with van der Waals surface area (Å²) in [4.78, 5) is 10.8. The van der Waals surface area contributed by atoms with Gasteiger partial charge in [0.05, 0.1) is 5.75 Å². The van der Waals surface area contributed by atoms with Crippen LogP contribution in [-0.4, -0.2) is 26.4 Å². The molecule has 0 atom stereocenters. The minimum absolute atomic E-state index is 0.207. The Bertz CT molecular complexity index is 604. The quantitative estimate of drug-likeness (QED) is 0.857. The van der Waals surface area contributed by atoms with Gasteiger partial charge in [-0.25, -0.2) is 0 Å². The van der Waals surface area contributed by atoms with E-state index >= 15 is 0 Å². The lowest BCUT2D eigenvalue weighted by Gasteiger charge is -2.07. The highest BCUT2D eigenvalue weighted by molar-refractivity contribution is 7.99. The zero-order chi connectivity index (χ0) is 14.7. The van der Waals surface area contributed by atoms with E-state index < -0.39 is 0 Å². The minimum Gasteiger partial charge on any atom is -0.369 e. The monoisotopic (exact) mass is 290 g/mol. The summed E-state index contributed by atoms with van der Waals surface area (Å²) in [7, 11) is 1.88. The van der Waals surface area contributed by atoms with Crippen LogP contribution in [0.2, 0.25) is 0 Å². The van der Waals surface area contributed by atoms with Crippen molar-refractivity contribution in [1.29, 1.82) is 0 Å². The number of rotatable bonds is 5. The summed E-state index contributed by atoms with van der Waals surface area (Å²) in [5.74, 6) is 1.14. The number of thioether (sulfide) groups is 1. The van der Waals surface area contributed by atoms with E-state index in [2.05, 4.69) is 36.2 Å². The molecule has 106 valence electrons. The van der Waals surface area contributed by atoms with E-state index in [-0.39, 0.29) is 11.7 Å². The zero-order valence-corrected chi connectivity index (χ0v) is 12.6. The molecule has 6 heteroatoms. The Morgan fingerprint density at radius 2 is 1.95 bits per heavy atom. The molecule has 5 nitrogen and oxygen atoms in total. The molecule has 2 aromatic rings. The number of primary amides is 1. The van der Waals surface area contributed by atoms with Gasteiger partial charge < -0.3 is 10.3 Å². The second kappa shape index (κ2) is 6.09. The maximum Gasteiger partial charge on any atom is 0.227 e. The molecule has 0 aliphatic heterocycles. The number of nitrogens with two attached hydrogens (primary N) is 1. The van der Waals surface area contributed by atoms with E-state index in [4.69, 9.17) is 5.73 Å². The van der Waals surface area contributed by atoms with Crippen molar-refractivity contribution >= 4 is 17.7 Å². The highest BCUT2D eigenvalue weighted by atomic mass is 32.2. The predicted octanol–water partition coefficient (Wildman–Crippen LogP) is 2.18. The third-order valence-corrected chi connectivity index (χ3v) is 4.06.